The van der Waals surface area contributed by atoms with Crippen LogP contribution in [0.1, 0.15) is 77.7 Å². The number of carbonyl (C=O) groups is 2. The van der Waals surface area contributed by atoms with E-state index in [4.69, 9.17) is 9.57 Å². The van der Waals surface area contributed by atoms with E-state index in [0.717, 1.165) is 11.8 Å². The molecule has 0 unspecified atom stereocenters. The normalized spacial score (nSPS) is 19.0. The molecule has 10 heteroatoms. The first-order valence-corrected chi connectivity index (χ1v) is 12.4. The van der Waals surface area contributed by atoms with Gasteiger partial charge in [0, 0.05) is 38.0 Å². The highest BCUT2D eigenvalue weighted by molar-refractivity contribution is 5.89. The van der Waals surface area contributed by atoms with Crippen molar-refractivity contribution in [1.29, 1.82) is 0 Å². The summed E-state index contributed by atoms with van der Waals surface area (Å²) in [5, 5.41) is 9.26. The minimum absolute atomic E-state index is 0.0530. The second-order valence-corrected chi connectivity index (χ2v) is 9.76. The van der Waals surface area contributed by atoms with E-state index in [1.807, 2.05) is 13.8 Å². The van der Waals surface area contributed by atoms with Gasteiger partial charge in [0.05, 0.1) is 17.5 Å². The minimum atomic E-state index is -0.660. The van der Waals surface area contributed by atoms with E-state index in [0.29, 0.717) is 57.2 Å². The maximum absolute atomic E-state index is 14.7. The third-order valence-corrected chi connectivity index (χ3v) is 6.12. The predicted octanol–water partition coefficient (Wildman–Crippen LogP) is 5.53. The number of nitrogens with one attached hydrogen (secondary N) is 2. The molecule has 1 aliphatic carbocycles. The van der Waals surface area contributed by atoms with Crippen LogP contribution in [0.4, 0.5) is 24.1 Å². The smallest absolute Gasteiger partial charge is 0.410 e. The summed E-state index contributed by atoms with van der Waals surface area (Å²) in [7, 11) is 0. The van der Waals surface area contributed by atoms with Crippen molar-refractivity contribution in [2.24, 2.45) is 5.16 Å². The number of halogens is 2. The number of piperidine rings is 1. The zero-order chi connectivity index (χ0) is 25.5. The Bertz CT molecular complexity index is 920. The molecule has 1 aliphatic heterocycles. The molecule has 2 N–H and O–H groups in total. The summed E-state index contributed by atoms with van der Waals surface area (Å²) in [6.45, 7) is 8.34. The molecule has 1 saturated heterocycles. The van der Waals surface area contributed by atoms with Gasteiger partial charge in [0.15, 0.2) is 0 Å². The van der Waals surface area contributed by atoms with Gasteiger partial charge >= 0.3 is 12.1 Å². The van der Waals surface area contributed by atoms with Crippen molar-refractivity contribution in [2.75, 3.05) is 18.4 Å². The summed E-state index contributed by atoms with van der Waals surface area (Å²) in [5.41, 5.74) is 1.05. The van der Waals surface area contributed by atoms with Crippen molar-refractivity contribution in [3.05, 3.63) is 29.3 Å². The molecule has 1 heterocycles. The molecule has 0 aromatic heterocycles. The zero-order valence-electron chi connectivity index (χ0n) is 20.9. The van der Waals surface area contributed by atoms with E-state index >= 15 is 0 Å². The van der Waals surface area contributed by atoms with E-state index < -0.39 is 17.7 Å². The fourth-order valence-electron chi connectivity index (χ4n) is 4.31. The van der Waals surface area contributed by atoms with Gasteiger partial charge in [-0.1, -0.05) is 5.16 Å². The van der Waals surface area contributed by atoms with Crippen LogP contribution in [0.25, 0.3) is 0 Å². The first-order chi connectivity index (χ1) is 16.6. The molecule has 0 radical (unpaired) electrons. The maximum Gasteiger partial charge on any atom is 0.410 e. The molecule has 1 aromatic rings. The van der Waals surface area contributed by atoms with E-state index in [1.165, 1.54) is 6.07 Å². The number of rotatable bonds is 6. The van der Waals surface area contributed by atoms with Gasteiger partial charge in [-0.3, -0.25) is 0 Å². The summed E-state index contributed by atoms with van der Waals surface area (Å²) in [6.07, 6.45) is 3.44. The van der Waals surface area contributed by atoms with Crippen molar-refractivity contribution in [2.45, 2.75) is 90.4 Å². The first-order valence-electron chi connectivity index (χ1n) is 12.4. The maximum atomic E-state index is 14.7. The Kier molecular flexibility index (Phi) is 9.28. The van der Waals surface area contributed by atoms with E-state index in [9.17, 15) is 18.4 Å². The van der Waals surface area contributed by atoms with Gasteiger partial charge in [-0.2, -0.15) is 0 Å². The standard InChI is InChI=1S/C25H36F2N4O4/c1-15(2)28-24(32)29-23-14-21(26)20(13-22(23)27)17-5-7-18(8-6-17)30-35-19-9-11-31(12-10-19)25(33)34-16(3)4/h13-17,19H,5-12H2,1-4H3,(H2,28,29,32). The number of nitrogens with zero attached hydrogens (tertiary/aromatic N) is 2. The van der Waals surface area contributed by atoms with Gasteiger partial charge in [-0.25, -0.2) is 18.4 Å². The number of oxime groups is 1. The SMILES string of the molecule is CC(C)NC(=O)Nc1cc(F)c(C2CCC(=NOC3CCN(C(=O)OC(C)C)CC3)CC2)cc1F. The number of likely N-dealkylation sites (tertiary alicyclic amines) is 1. The average Bonchev–Trinajstić information content (AvgIpc) is 2.79. The van der Waals surface area contributed by atoms with E-state index in [2.05, 4.69) is 15.8 Å². The van der Waals surface area contributed by atoms with Crippen molar-refractivity contribution >= 4 is 23.5 Å². The molecular weight excluding hydrogens is 458 g/mol. The number of ether oxygens (including phenoxy) is 1. The van der Waals surface area contributed by atoms with Crippen LogP contribution in [-0.2, 0) is 9.57 Å². The lowest BCUT2D eigenvalue weighted by atomic mass is 9.83. The first kappa shape index (κ1) is 26.7. The molecule has 1 aromatic carbocycles. The Balaban J connectivity index is 1.48. The molecule has 3 rings (SSSR count). The highest BCUT2D eigenvalue weighted by atomic mass is 19.1. The number of urea groups is 1. The zero-order valence-corrected chi connectivity index (χ0v) is 20.9. The molecule has 3 amide bonds. The second-order valence-electron chi connectivity index (χ2n) is 9.76. The molecule has 2 fully saturated rings. The molecular formula is C25H36F2N4O4. The molecule has 0 bridgehead atoms. The van der Waals surface area contributed by atoms with Crippen LogP contribution >= 0.6 is 0 Å². The number of hydrogen-bond donors (Lipinski definition) is 2. The van der Waals surface area contributed by atoms with Crippen LogP contribution in [0.3, 0.4) is 0 Å². The van der Waals surface area contributed by atoms with Crippen molar-refractivity contribution < 1.29 is 27.9 Å². The van der Waals surface area contributed by atoms with E-state index in [1.54, 1.807) is 18.7 Å². The number of hydrogen-bond acceptors (Lipinski definition) is 5. The lowest BCUT2D eigenvalue weighted by molar-refractivity contribution is 0.00403. The number of carbonyl (C=O) groups excluding carboxylic acids is 2. The molecule has 194 valence electrons. The summed E-state index contributed by atoms with van der Waals surface area (Å²) in [5.74, 6) is -1.32. The average molecular weight is 495 g/mol. The fraction of sp³-hybridized carbons (Fsp3) is 0.640. The lowest BCUT2D eigenvalue weighted by Crippen LogP contribution is -2.41. The minimum Gasteiger partial charge on any atom is -0.447 e. The largest absolute Gasteiger partial charge is 0.447 e. The highest BCUT2D eigenvalue weighted by Gasteiger charge is 2.27. The Morgan fingerprint density at radius 3 is 2.29 bits per heavy atom. The number of amides is 3. The third kappa shape index (κ3) is 7.80. The van der Waals surface area contributed by atoms with Crippen LogP contribution in [-0.4, -0.2) is 54.1 Å². The Morgan fingerprint density at radius 2 is 1.69 bits per heavy atom. The fourth-order valence-corrected chi connectivity index (χ4v) is 4.31. The number of anilines is 1. The van der Waals surface area contributed by atoms with Gasteiger partial charge in [-0.05, 0) is 70.9 Å². The molecule has 0 spiro atoms. The molecule has 8 nitrogen and oxygen atoms in total. The van der Waals surface area contributed by atoms with Gasteiger partial charge in [0.2, 0.25) is 0 Å². The molecule has 0 atom stereocenters. The van der Waals surface area contributed by atoms with Gasteiger partial charge in [-0.15, -0.1) is 0 Å². The third-order valence-electron chi connectivity index (χ3n) is 6.12. The van der Waals surface area contributed by atoms with Crippen LogP contribution in [0.5, 0.6) is 0 Å². The molecule has 35 heavy (non-hydrogen) atoms. The second kappa shape index (κ2) is 12.2. The van der Waals surface area contributed by atoms with Gasteiger partial charge in [0.25, 0.3) is 0 Å². The van der Waals surface area contributed by atoms with E-state index in [-0.39, 0.29) is 35.9 Å². The Morgan fingerprint density at radius 1 is 1.03 bits per heavy atom. The number of benzene rings is 1. The van der Waals surface area contributed by atoms with Crippen molar-refractivity contribution in [3.63, 3.8) is 0 Å². The lowest BCUT2D eigenvalue weighted by Gasteiger charge is -2.31. The predicted molar refractivity (Wildman–Crippen MR) is 130 cm³/mol. The monoisotopic (exact) mass is 494 g/mol. The summed E-state index contributed by atoms with van der Waals surface area (Å²) < 4.78 is 34.5. The van der Waals surface area contributed by atoms with Crippen molar-refractivity contribution in [1.82, 2.24) is 10.2 Å². The topological polar surface area (TPSA) is 92.3 Å². The Hall–Kier alpha value is -2.91. The molecule has 2 aliphatic rings. The summed E-state index contributed by atoms with van der Waals surface area (Å²) >= 11 is 0. The molecule has 1 saturated carbocycles. The quantitative estimate of drug-likeness (QED) is 0.509. The van der Waals surface area contributed by atoms with Crippen LogP contribution < -0.4 is 10.6 Å². The van der Waals surface area contributed by atoms with Gasteiger partial charge in [0.1, 0.15) is 17.7 Å². The van der Waals surface area contributed by atoms with Crippen LogP contribution in [0.15, 0.2) is 17.3 Å². The van der Waals surface area contributed by atoms with Crippen LogP contribution in [0, 0.1) is 11.6 Å². The van der Waals surface area contributed by atoms with Crippen molar-refractivity contribution in [3.8, 4) is 0 Å². The highest BCUT2D eigenvalue weighted by Crippen LogP contribution is 2.35. The van der Waals surface area contributed by atoms with Gasteiger partial charge < -0.3 is 25.1 Å². The Labute approximate surface area is 205 Å². The summed E-state index contributed by atoms with van der Waals surface area (Å²) in [4.78, 5) is 31.2. The summed E-state index contributed by atoms with van der Waals surface area (Å²) in [6, 6.07) is 1.53. The van der Waals surface area contributed by atoms with Crippen LogP contribution in [0.2, 0.25) is 0 Å².